The number of aryl methyl sites for hydroxylation is 2. The van der Waals surface area contributed by atoms with Crippen LogP contribution in [0.5, 0.6) is 0 Å². The van der Waals surface area contributed by atoms with Crippen molar-refractivity contribution in [2.45, 2.75) is 39.5 Å². The second kappa shape index (κ2) is 7.28. The number of hydrogen-bond acceptors (Lipinski definition) is 2. The van der Waals surface area contributed by atoms with Crippen LogP contribution < -0.4 is 5.32 Å². The van der Waals surface area contributed by atoms with Gasteiger partial charge < -0.3 is 10.2 Å². The molecule has 3 nitrogen and oxygen atoms in total. The lowest BCUT2D eigenvalue weighted by Gasteiger charge is -2.30. The normalized spacial score (nSPS) is 15.1. The van der Waals surface area contributed by atoms with Crippen LogP contribution in [-0.4, -0.2) is 30.9 Å². The fourth-order valence-electron chi connectivity index (χ4n) is 2.78. The molecule has 0 bridgehead atoms. The molecular formula is C17H25ClN2O. The number of rotatable bonds is 6. The maximum absolute atomic E-state index is 12.1. The highest BCUT2D eigenvalue weighted by atomic mass is 35.5. The van der Waals surface area contributed by atoms with Gasteiger partial charge >= 0.3 is 0 Å². The largest absolute Gasteiger partial charge is 0.325 e. The van der Waals surface area contributed by atoms with Gasteiger partial charge in [-0.05, 0) is 56.8 Å². The molecule has 0 radical (unpaired) electrons. The average molecular weight is 309 g/mol. The minimum atomic E-state index is 0.0318. The highest BCUT2D eigenvalue weighted by Crippen LogP contribution is 2.28. The fraction of sp³-hybridized carbons (Fsp3) is 0.588. The number of anilines is 1. The van der Waals surface area contributed by atoms with Gasteiger partial charge in [-0.2, -0.15) is 0 Å². The van der Waals surface area contributed by atoms with E-state index in [4.69, 9.17) is 11.6 Å². The minimum Gasteiger partial charge on any atom is -0.325 e. The van der Waals surface area contributed by atoms with Gasteiger partial charge in [0.25, 0.3) is 0 Å². The molecule has 1 aromatic rings. The topological polar surface area (TPSA) is 32.3 Å². The zero-order valence-electron chi connectivity index (χ0n) is 13.2. The van der Waals surface area contributed by atoms with Crippen molar-refractivity contribution in [1.29, 1.82) is 0 Å². The minimum absolute atomic E-state index is 0.0318. The summed E-state index contributed by atoms with van der Waals surface area (Å²) in [5.74, 6) is 0.871. The van der Waals surface area contributed by atoms with Gasteiger partial charge in [0.2, 0.25) is 5.91 Å². The van der Waals surface area contributed by atoms with Crippen molar-refractivity contribution in [2.75, 3.05) is 25.5 Å². The molecule has 1 amide bonds. The van der Waals surface area contributed by atoms with Gasteiger partial charge in [0.15, 0.2) is 0 Å². The molecule has 1 aliphatic rings. The summed E-state index contributed by atoms with van der Waals surface area (Å²) < 4.78 is 0. The maximum Gasteiger partial charge on any atom is 0.225 e. The zero-order chi connectivity index (χ0) is 15.4. The molecule has 0 spiro atoms. The maximum atomic E-state index is 12.1. The molecule has 0 heterocycles. The highest BCUT2D eigenvalue weighted by Gasteiger charge is 2.19. The second-order valence-electron chi connectivity index (χ2n) is 6.30. The van der Waals surface area contributed by atoms with E-state index >= 15 is 0 Å². The van der Waals surface area contributed by atoms with Crippen LogP contribution >= 0.6 is 11.6 Å². The summed E-state index contributed by atoms with van der Waals surface area (Å²) in [5.41, 5.74) is 2.86. The van der Waals surface area contributed by atoms with Crippen LogP contribution in [0, 0.1) is 19.8 Å². The molecule has 0 aliphatic heterocycles. The van der Waals surface area contributed by atoms with Gasteiger partial charge in [-0.25, -0.2) is 0 Å². The summed E-state index contributed by atoms with van der Waals surface area (Å²) in [4.78, 5) is 14.3. The number of carbonyl (C=O) groups excluding carboxylic acids is 1. The van der Waals surface area contributed by atoms with E-state index in [1.807, 2.05) is 26.0 Å². The molecule has 4 heteroatoms. The lowest BCUT2D eigenvalue weighted by atomic mass is 9.85. The van der Waals surface area contributed by atoms with Crippen LogP contribution in [0.1, 0.15) is 36.8 Å². The number of halogens is 1. The molecule has 0 saturated heterocycles. The molecule has 1 aliphatic carbocycles. The molecule has 1 fully saturated rings. The molecule has 21 heavy (non-hydrogen) atoms. The summed E-state index contributed by atoms with van der Waals surface area (Å²) in [6.07, 6.45) is 4.56. The Morgan fingerprint density at radius 2 is 2.10 bits per heavy atom. The first-order valence-electron chi connectivity index (χ1n) is 7.71. The monoisotopic (exact) mass is 308 g/mol. The summed E-state index contributed by atoms with van der Waals surface area (Å²) in [6, 6.07) is 3.91. The van der Waals surface area contributed by atoms with Gasteiger partial charge in [0, 0.05) is 19.5 Å². The smallest absolute Gasteiger partial charge is 0.225 e. The molecule has 2 rings (SSSR count). The molecule has 0 unspecified atom stereocenters. The van der Waals surface area contributed by atoms with Gasteiger partial charge in [0.05, 0.1) is 10.7 Å². The molecule has 0 aromatic heterocycles. The average Bonchev–Trinajstić information content (AvgIpc) is 2.35. The van der Waals surface area contributed by atoms with E-state index in [9.17, 15) is 4.79 Å². The summed E-state index contributed by atoms with van der Waals surface area (Å²) in [5, 5.41) is 3.56. The number of hydrogen-bond donors (Lipinski definition) is 1. The Hall–Kier alpha value is -1.06. The van der Waals surface area contributed by atoms with Crippen molar-refractivity contribution in [3.05, 3.63) is 28.3 Å². The quantitative estimate of drug-likeness (QED) is 0.861. The first-order valence-corrected chi connectivity index (χ1v) is 8.08. The lowest BCUT2D eigenvalue weighted by molar-refractivity contribution is -0.116. The van der Waals surface area contributed by atoms with Gasteiger partial charge in [-0.15, -0.1) is 0 Å². The summed E-state index contributed by atoms with van der Waals surface area (Å²) in [6.45, 7) is 5.87. The molecule has 1 aromatic carbocycles. The van der Waals surface area contributed by atoms with Gasteiger partial charge in [-0.3, -0.25) is 4.79 Å². The highest BCUT2D eigenvalue weighted by molar-refractivity contribution is 6.34. The third-order valence-corrected chi connectivity index (χ3v) is 4.51. The van der Waals surface area contributed by atoms with E-state index in [-0.39, 0.29) is 5.91 Å². The van der Waals surface area contributed by atoms with E-state index < -0.39 is 0 Å². The molecule has 1 saturated carbocycles. The number of nitrogens with one attached hydrogen (secondary N) is 1. The third-order valence-electron chi connectivity index (χ3n) is 4.21. The Bertz CT molecular complexity index is 489. The van der Waals surface area contributed by atoms with Crippen molar-refractivity contribution in [1.82, 2.24) is 4.90 Å². The van der Waals surface area contributed by atoms with Crippen molar-refractivity contribution >= 4 is 23.2 Å². The predicted octanol–water partition coefficient (Wildman–Crippen LogP) is 4.02. The second-order valence-corrected chi connectivity index (χ2v) is 6.70. The number of carbonyl (C=O) groups is 1. The van der Waals surface area contributed by atoms with Crippen molar-refractivity contribution < 1.29 is 4.79 Å². The predicted molar refractivity (Wildman–Crippen MR) is 89.0 cm³/mol. The number of nitrogens with zero attached hydrogens (tertiary/aromatic N) is 1. The Balaban J connectivity index is 1.81. The first-order chi connectivity index (χ1) is 9.95. The van der Waals surface area contributed by atoms with Crippen molar-refractivity contribution in [3.63, 3.8) is 0 Å². The van der Waals surface area contributed by atoms with Crippen molar-refractivity contribution in [3.8, 4) is 0 Å². The van der Waals surface area contributed by atoms with E-state index in [1.54, 1.807) is 0 Å². The summed E-state index contributed by atoms with van der Waals surface area (Å²) >= 11 is 6.21. The Morgan fingerprint density at radius 1 is 1.38 bits per heavy atom. The van der Waals surface area contributed by atoms with Gasteiger partial charge in [0.1, 0.15) is 0 Å². The molecular weight excluding hydrogens is 284 g/mol. The summed E-state index contributed by atoms with van der Waals surface area (Å²) in [7, 11) is 2.09. The Morgan fingerprint density at radius 3 is 2.67 bits per heavy atom. The van der Waals surface area contributed by atoms with E-state index in [1.165, 1.54) is 19.3 Å². The Kier molecular flexibility index (Phi) is 5.65. The van der Waals surface area contributed by atoms with E-state index in [0.717, 1.165) is 35.8 Å². The number of benzene rings is 1. The standard InChI is InChI=1S/C17H25ClN2O/c1-12-9-13(2)17(15(18)10-12)19-16(21)7-8-20(3)11-14-5-4-6-14/h9-10,14H,4-8,11H2,1-3H3,(H,19,21). The molecule has 116 valence electrons. The van der Waals surface area contributed by atoms with Crippen LogP contribution in [-0.2, 0) is 4.79 Å². The lowest BCUT2D eigenvalue weighted by Crippen LogP contribution is -2.31. The van der Waals surface area contributed by atoms with Gasteiger partial charge in [-0.1, -0.05) is 24.1 Å². The van der Waals surface area contributed by atoms with Crippen LogP contribution in [0.3, 0.4) is 0 Å². The van der Waals surface area contributed by atoms with Crippen LogP contribution in [0.2, 0.25) is 5.02 Å². The van der Waals surface area contributed by atoms with Crippen LogP contribution in [0.4, 0.5) is 5.69 Å². The molecule has 1 N–H and O–H groups in total. The fourth-order valence-corrected chi connectivity index (χ4v) is 3.14. The SMILES string of the molecule is Cc1cc(C)c(NC(=O)CCN(C)CC2CCC2)c(Cl)c1. The Labute approximate surface area is 132 Å². The van der Waals surface area contributed by atoms with Crippen LogP contribution in [0.15, 0.2) is 12.1 Å². The zero-order valence-corrected chi connectivity index (χ0v) is 14.0. The van der Waals surface area contributed by atoms with E-state index in [2.05, 4.69) is 17.3 Å². The van der Waals surface area contributed by atoms with Crippen LogP contribution in [0.25, 0.3) is 0 Å². The van der Waals surface area contributed by atoms with Crippen molar-refractivity contribution in [2.24, 2.45) is 5.92 Å². The van der Waals surface area contributed by atoms with E-state index in [0.29, 0.717) is 11.4 Å². The first kappa shape index (κ1) is 16.3. The molecule has 0 atom stereocenters. The number of amides is 1. The third kappa shape index (κ3) is 4.72.